The molecule has 4 N–H and O–H groups in total. The molecule has 1 aliphatic rings. The second-order valence-corrected chi connectivity index (χ2v) is 8.28. The summed E-state index contributed by atoms with van der Waals surface area (Å²) in [7, 11) is 0. The molecule has 1 aliphatic carbocycles. The zero-order chi connectivity index (χ0) is 21.5. The van der Waals surface area contributed by atoms with E-state index in [0.29, 0.717) is 24.3 Å². The van der Waals surface area contributed by atoms with Crippen molar-refractivity contribution in [3.8, 4) is 0 Å². The molecule has 1 fully saturated rings. The summed E-state index contributed by atoms with van der Waals surface area (Å²) in [4.78, 5) is 25.3. The minimum absolute atomic E-state index is 0.00212. The molecule has 158 valence electrons. The van der Waals surface area contributed by atoms with Crippen LogP contribution in [-0.2, 0) is 16.0 Å². The van der Waals surface area contributed by atoms with E-state index in [1.165, 1.54) is 5.56 Å². The van der Waals surface area contributed by atoms with Crippen LogP contribution in [0.4, 0.5) is 0 Å². The van der Waals surface area contributed by atoms with Gasteiger partial charge in [-0.15, -0.1) is 0 Å². The molecular formula is C25H31N3O2. The van der Waals surface area contributed by atoms with E-state index in [2.05, 4.69) is 17.4 Å². The summed E-state index contributed by atoms with van der Waals surface area (Å²) in [6.07, 6.45) is 4.87. The van der Waals surface area contributed by atoms with Crippen molar-refractivity contribution < 1.29 is 9.59 Å². The third-order valence-corrected chi connectivity index (χ3v) is 6.08. The Morgan fingerprint density at radius 1 is 1.10 bits per heavy atom. The molecule has 0 radical (unpaired) electrons. The Kier molecular flexibility index (Phi) is 7.39. The van der Waals surface area contributed by atoms with Gasteiger partial charge in [-0.05, 0) is 49.7 Å². The van der Waals surface area contributed by atoms with Crippen LogP contribution in [0, 0.1) is 11.3 Å². The number of ketones is 1. The van der Waals surface area contributed by atoms with E-state index >= 15 is 0 Å². The number of hydrogen-bond acceptors (Lipinski definition) is 3. The number of nitrogens with one attached hydrogen (secondary N) is 2. The number of aryl methyl sites for hydroxylation is 1. The molecule has 1 amide bonds. The fourth-order valence-corrected chi connectivity index (χ4v) is 4.20. The molecule has 5 heteroatoms. The minimum Gasteiger partial charge on any atom is -0.384 e. The molecule has 0 unspecified atom stereocenters. The highest BCUT2D eigenvalue weighted by Gasteiger charge is 2.29. The van der Waals surface area contributed by atoms with Gasteiger partial charge in [-0.1, -0.05) is 61.0 Å². The number of amidine groups is 1. The molecule has 0 spiro atoms. The zero-order valence-electron chi connectivity index (χ0n) is 17.6. The predicted octanol–water partition coefficient (Wildman–Crippen LogP) is 3.95. The van der Waals surface area contributed by atoms with E-state index in [1.54, 1.807) is 19.1 Å². The van der Waals surface area contributed by atoms with Crippen molar-refractivity contribution >= 4 is 17.5 Å². The van der Waals surface area contributed by atoms with Gasteiger partial charge in [0.1, 0.15) is 5.84 Å². The number of amides is 1. The van der Waals surface area contributed by atoms with Crippen LogP contribution in [0.2, 0.25) is 0 Å². The van der Waals surface area contributed by atoms with Gasteiger partial charge < -0.3 is 11.1 Å². The molecule has 0 saturated heterocycles. The average molecular weight is 406 g/mol. The Morgan fingerprint density at radius 2 is 1.80 bits per heavy atom. The van der Waals surface area contributed by atoms with Gasteiger partial charge in [0.25, 0.3) is 0 Å². The monoisotopic (exact) mass is 405 g/mol. The molecule has 0 aromatic heterocycles. The first-order valence-electron chi connectivity index (χ1n) is 10.8. The predicted molar refractivity (Wildman–Crippen MR) is 120 cm³/mol. The molecule has 30 heavy (non-hydrogen) atoms. The summed E-state index contributed by atoms with van der Waals surface area (Å²) in [6.45, 7) is 1.77. The number of benzene rings is 2. The second kappa shape index (κ2) is 10.2. The number of nitrogen functional groups attached to an aromatic ring is 1. The Morgan fingerprint density at radius 3 is 2.47 bits per heavy atom. The summed E-state index contributed by atoms with van der Waals surface area (Å²) >= 11 is 0. The number of hydrogen-bond donors (Lipinski definition) is 3. The smallest absolute Gasteiger partial charge is 0.223 e. The van der Waals surface area contributed by atoms with Crippen molar-refractivity contribution in [2.75, 3.05) is 0 Å². The van der Waals surface area contributed by atoms with E-state index < -0.39 is 6.04 Å². The number of rotatable bonds is 8. The number of carbonyl (C=O) groups excluding carboxylic acids is 2. The Bertz CT molecular complexity index is 877. The van der Waals surface area contributed by atoms with Crippen LogP contribution in [0.5, 0.6) is 0 Å². The normalized spacial score (nSPS) is 19.6. The van der Waals surface area contributed by atoms with Crippen LogP contribution in [0.1, 0.15) is 61.6 Å². The highest BCUT2D eigenvalue weighted by molar-refractivity contribution is 5.95. The van der Waals surface area contributed by atoms with Gasteiger partial charge in [-0.25, -0.2) is 0 Å². The lowest BCUT2D eigenvalue weighted by atomic mass is 9.77. The van der Waals surface area contributed by atoms with Crippen molar-refractivity contribution in [2.24, 2.45) is 11.7 Å². The largest absolute Gasteiger partial charge is 0.384 e. The standard InChI is InChI=1S/C25H31N3O2/c1-17(23(29)15-12-18-10-13-20(14-11-18)24(26)27)28-25(30)22-9-5-8-21(16-22)19-6-3-2-4-7-19/h2-4,6-7,10-11,13-14,17,21-22H,5,8-9,12,15-16H2,1H3,(H3,26,27)(H,28,30)/t17-,21+,22-/m0/s1. The summed E-state index contributed by atoms with van der Waals surface area (Å²) in [6, 6.07) is 17.3. The first-order chi connectivity index (χ1) is 14.4. The van der Waals surface area contributed by atoms with Gasteiger partial charge in [0.05, 0.1) is 6.04 Å². The first kappa shape index (κ1) is 21.8. The molecule has 2 aromatic rings. The topological polar surface area (TPSA) is 96.0 Å². The zero-order valence-corrected chi connectivity index (χ0v) is 17.6. The van der Waals surface area contributed by atoms with Crippen molar-refractivity contribution in [1.29, 1.82) is 5.41 Å². The quantitative estimate of drug-likeness (QED) is 0.458. The van der Waals surface area contributed by atoms with E-state index in [0.717, 1.165) is 31.2 Å². The molecular weight excluding hydrogens is 374 g/mol. The highest BCUT2D eigenvalue weighted by atomic mass is 16.2. The molecule has 0 aliphatic heterocycles. The van der Waals surface area contributed by atoms with Crippen molar-refractivity contribution in [2.45, 2.75) is 57.4 Å². The van der Waals surface area contributed by atoms with Crippen molar-refractivity contribution in [1.82, 2.24) is 5.32 Å². The van der Waals surface area contributed by atoms with E-state index in [1.807, 2.05) is 30.3 Å². The van der Waals surface area contributed by atoms with Crippen LogP contribution in [-0.4, -0.2) is 23.6 Å². The SMILES string of the molecule is C[C@H](NC(=O)[C@H]1CCC[C@@H](c2ccccc2)C1)C(=O)CCc1ccc(C(=N)N)cc1. The lowest BCUT2D eigenvalue weighted by Crippen LogP contribution is -2.42. The average Bonchev–Trinajstić information content (AvgIpc) is 2.78. The van der Waals surface area contributed by atoms with Crippen molar-refractivity contribution in [3.63, 3.8) is 0 Å². The molecule has 1 saturated carbocycles. The second-order valence-electron chi connectivity index (χ2n) is 8.28. The molecule has 0 heterocycles. The molecule has 5 nitrogen and oxygen atoms in total. The van der Waals surface area contributed by atoms with Gasteiger partial charge in [0.2, 0.25) is 5.91 Å². The third-order valence-electron chi connectivity index (χ3n) is 6.08. The minimum atomic E-state index is -0.480. The summed E-state index contributed by atoms with van der Waals surface area (Å²) in [5, 5.41) is 10.4. The van der Waals surface area contributed by atoms with Crippen LogP contribution in [0.25, 0.3) is 0 Å². The first-order valence-corrected chi connectivity index (χ1v) is 10.8. The van der Waals surface area contributed by atoms with Crippen LogP contribution >= 0.6 is 0 Å². The van der Waals surface area contributed by atoms with Crippen LogP contribution in [0.3, 0.4) is 0 Å². The van der Waals surface area contributed by atoms with Crippen molar-refractivity contribution in [3.05, 3.63) is 71.3 Å². The molecule has 2 aromatic carbocycles. The van der Waals surface area contributed by atoms with E-state index in [9.17, 15) is 9.59 Å². The highest BCUT2D eigenvalue weighted by Crippen LogP contribution is 2.36. The van der Waals surface area contributed by atoms with E-state index in [4.69, 9.17) is 11.1 Å². The maximum atomic E-state index is 12.8. The Hall–Kier alpha value is -2.95. The third kappa shape index (κ3) is 5.78. The Labute approximate surface area is 178 Å². The van der Waals surface area contributed by atoms with Gasteiger partial charge in [0.15, 0.2) is 5.78 Å². The molecule has 3 rings (SSSR count). The molecule has 0 bridgehead atoms. The fraction of sp³-hybridized carbons (Fsp3) is 0.400. The van der Waals surface area contributed by atoms with Crippen LogP contribution < -0.4 is 11.1 Å². The van der Waals surface area contributed by atoms with E-state index in [-0.39, 0.29) is 23.4 Å². The van der Waals surface area contributed by atoms with Gasteiger partial charge in [0, 0.05) is 17.9 Å². The number of Topliss-reactive ketones (excluding diaryl/α,β-unsaturated/α-hetero) is 1. The number of carbonyl (C=O) groups is 2. The lowest BCUT2D eigenvalue weighted by Gasteiger charge is -2.29. The van der Waals surface area contributed by atoms with Crippen LogP contribution in [0.15, 0.2) is 54.6 Å². The fourth-order valence-electron chi connectivity index (χ4n) is 4.20. The maximum absolute atomic E-state index is 12.8. The lowest BCUT2D eigenvalue weighted by molar-refractivity contribution is -0.130. The van der Waals surface area contributed by atoms with Gasteiger partial charge >= 0.3 is 0 Å². The summed E-state index contributed by atoms with van der Waals surface area (Å²) in [5.41, 5.74) is 8.46. The molecule has 3 atom stereocenters. The Balaban J connectivity index is 1.48. The summed E-state index contributed by atoms with van der Waals surface area (Å²) < 4.78 is 0. The number of nitrogens with two attached hydrogens (primary N) is 1. The van der Waals surface area contributed by atoms with Gasteiger partial charge in [-0.3, -0.25) is 15.0 Å². The summed E-state index contributed by atoms with van der Waals surface area (Å²) in [5.74, 6) is 0.459. The van der Waals surface area contributed by atoms with Gasteiger partial charge in [-0.2, -0.15) is 0 Å². The maximum Gasteiger partial charge on any atom is 0.223 e.